The number of halogens is 1. The Morgan fingerprint density at radius 1 is 1.45 bits per heavy atom. The Labute approximate surface area is 119 Å². The maximum Gasteiger partial charge on any atom is 0.317 e. The van der Waals surface area contributed by atoms with Gasteiger partial charge in [0.05, 0.1) is 6.61 Å². The van der Waals surface area contributed by atoms with Gasteiger partial charge in [-0.05, 0) is 24.6 Å². The van der Waals surface area contributed by atoms with Crippen LogP contribution < -0.4 is 5.32 Å². The fourth-order valence-electron chi connectivity index (χ4n) is 1.94. The zero-order chi connectivity index (χ0) is 15.2. The molecule has 1 aromatic carbocycles. The highest BCUT2D eigenvalue weighted by Gasteiger charge is 2.23. The highest BCUT2D eigenvalue weighted by atomic mass is 19.1. The standard InChI is InChI=1S/C15H23FN2O2/c1-4-18(8-9-19)14(20)17-11-15(2,3)12-6-5-7-13(16)10-12/h5-7,10,19H,4,8-9,11H2,1-3H3,(H,17,20). The first-order chi connectivity index (χ1) is 9.40. The van der Waals surface area contributed by atoms with Gasteiger partial charge in [-0.25, -0.2) is 9.18 Å². The van der Waals surface area contributed by atoms with Gasteiger partial charge in [0.1, 0.15) is 5.82 Å². The average Bonchev–Trinajstić information content (AvgIpc) is 2.42. The molecule has 0 spiro atoms. The maximum absolute atomic E-state index is 13.3. The lowest BCUT2D eigenvalue weighted by Gasteiger charge is -2.28. The highest BCUT2D eigenvalue weighted by molar-refractivity contribution is 5.74. The van der Waals surface area contributed by atoms with Crippen molar-refractivity contribution in [3.05, 3.63) is 35.6 Å². The second kappa shape index (κ2) is 7.24. The molecule has 2 N–H and O–H groups in total. The van der Waals surface area contributed by atoms with Crippen LogP contribution in [0.15, 0.2) is 24.3 Å². The van der Waals surface area contributed by atoms with E-state index >= 15 is 0 Å². The van der Waals surface area contributed by atoms with Crippen molar-refractivity contribution in [3.63, 3.8) is 0 Å². The molecule has 20 heavy (non-hydrogen) atoms. The molecule has 1 aromatic rings. The number of aliphatic hydroxyl groups is 1. The number of carbonyl (C=O) groups is 1. The van der Waals surface area contributed by atoms with E-state index in [9.17, 15) is 9.18 Å². The van der Waals surface area contributed by atoms with Crippen LogP contribution in [0.25, 0.3) is 0 Å². The third kappa shape index (κ3) is 4.49. The zero-order valence-electron chi connectivity index (χ0n) is 12.3. The van der Waals surface area contributed by atoms with Crippen LogP contribution in [0.3, 0.4) is 0 Å². The van der Waals surface area contributed by atoms with E-state index < -0.39 is 0 Å². The predicted octanol–water partition coefficient (Wildman–Crippen LogP) is 2.13. The third-order valence-electron chi connectivity index (χ3n) is 3.33. The molecule has 112 valence electrons. The van der Waals surface area contributed by atoms with Crippen LogP contribution >= 0.6 is 0 Å². The van der Waals surface area contributed by atoms with Crippen molar-refractivity contribution in [2.75, 3.05) is 26.2 Å². The molecular weight excluding hydrogens is 259 g/mol. The number of urea groups is 1. The number of nitrogens with one attached hydrogen (secondary N) is 1. The minimum Gasteiger partial charge on any atom is -0.395 e. The van der Waals surface area contributed by atoms with Crippen LogP contribution in [0.5, 0.6) is 0 Å². The Balaban J connectivity index is 2.65. The Morgan fingerprint density at radius 2 is 2.15 bits per heavy atom. The second-order valence-corrected chi connectivity index (χ2v) is 5.36. The van der Waals surface area contributed by atoms with E-state index in [1.807, 2.05) is 26.8 Å². The van der Waals surface area contributed by atoms with E-state index in [-0.39, 0.29) is 23.9 Å². The lowest BCUT2D eigenvalue weighted by molar-refractivity contribution is 0.178. The van der Waals surface area contributed by atoms with Crippen molar-refractivity contribution >= 4 is 6.03 Å². The minimum atomic E-state index is -0.365. The number of amides is 2. The lowest BCUT2D eigenvalue weighted by atomic mass is 9.84. The summed E-state index contributed by atoms with van der Waals surface area (Å²) in [6.45, 7) is 6.93. The molecule has 0 saturated heterocycles. The largest absolute Gasteiger partial charge is 0.395 e. The summed E-state index contributed by atoms with van der Waals surface area (Å²) >= 11 is 0. The smallest absolute Gasteiger partial charge is 0.317 e. The van der Waals surface area contributed by atoms with Gasteiger partial charge in [0, 0.05) is 25.0 Å². The normalized spacial score (nSPS) is 11.2. The van der Waals surface area contributed by atoms with Gasteiger partial charge in [0.15, 0.2) is 0 Å². The predicted molar refractivity (Wildman–Crippen MR) is 77.2 cm³/mol. The molecule has 0 bridgehead atoms. The van der Waals surface area contributed by atoms with Crippen molar-refractivity contribution in [2.24, 2.45) is 0 Å². The third-order valence-corrected chi connectivity index (χ3v) is 3.33. The lowest BCUT2D eigenvalue weighted by Crippen LogP contribution is -2.45. The summed E-state index contributed by atoms with van der Waals surface area (Å²) in [6, 6.07) is 6.18. The number of carbonyl (C=O) groups excluding carboxylic acids is 1. The summed E-state index contributed by atoms with van der Waals surface area (Å²) in [4.78, 5) is 13.5. The van der Waals surface area contributed by atoms with Crippen LogP contribution in [-0.4, -0.2) is 42.3 Å². The van der Waals surface area contributed by atoms with E-state index in [0.29, 0.717) is 19.6 Å². The van der Waals surface area contributed by atoms with Crippen molar-refractivity contribution in [1.29, 1.82) is 0 Å². The Bertz CT molecular complexity index is 449. The Morgan fingerprint density at radius 3 is 2.70 bits per heavy atom. The fraction of sp³-hybridized carbons (Fsp3) is 0.533. The van der Waals surface area contributed by atoms with E-state index in [1.165, 1.54) is 17.0 Å². The van der Waals surface area contributed by atoms with Gasteiger partial charge in [-0.15, -0.1) is 0 Å². The van der Waals surface area contributed by atoms with Gasteiger partial charge in [0.25, 0.3) is 0 Å². The number of nitrogens with zero attached hydrogens (tertiary/aromatic N) is 1. The quantitative estimate of drug-likeness (QED) is 0.840. The van der Waals surface area contributed by atoms with Gasteiger partial charge in [-0.2, -0.15) is 0 Å². The van der Waals surface area contributed by atoms with Crippen molar-refractivity contribution in [2.45, 2.75) is 26.2 Å². The molecule has 4 nitrogen and oxygen atoms in total. The molecule has 0 aliphatic carbocycles. The van der Waals surface area contributed by atoms with E-state index in [0.717, 1.165) is 5.56 Å². The molecule has 0 aliphatic rings. The van der Waals surface area contributed by atoms with E-state index in [4.69, 9.17) is 5.11 Å². The van der Waals surface area contributed by atoms with Gasteiger partial charge in [0.2, 0.25) is 0 Å². The van der Waals surface area contributed by atoms with Crippen LogP contribution in [0.1, 0.15) is 26.3 Å². The van der Waals surface area contributed by atoms with Gasteiger partial charge >= 0.3 is 6.03 Å². The molecule has 0 atom stereocenters. The Kier molecular flexibility index (Phi) is 5.95. The molecule has 0 heterocycles. The second-order valence-electron chi connectivity index (χ2n) is 5.36. The van der Waals surface area contributed by atoms with Gasteiger partial charge in [-0.1, -0.05) is 26.0 Å². The van der Waals surface area contributed by atoms with Crippen LogP contribution in [0.2, 0.25) is 0 Å². The number of likely N-dealkylation sites (N-methyl/N-ethyl adjacent to an activating group) is 1. The minimum absolute atomic E-state index is 0.0610. The summed E-state index contributed by atoms with van der Waals surface area (Å²) in [7, 11) is 0. The molecule has 0 aliphatic heterocycles. The fourth-order valence-corrected chi connectivity index (χ4v) is 1.94. The SMILES string of the molecule is CCN(CCO)C(=O)NCC(C)(C)c1cccc(F)c1. The zero-order valence-corrected chi connectivity index (χ0v) is 12.3. The first kappa shape index (κ1) is 16.4. The molecule has 2 amide bonds. The molecule has 1 rings (SSSR count). The molecule has 0 aromatic heterocycles. The first-order valence-corrected chi connectivity index (χ1v) is 6.80. The molecular formula is C15H23FN2O2. The number of rotatable bonds is 6. The van der Waals surface area contributed by atoms with Crippen molar-refractivity contribution in [3.8, 4) is 0 Å². The van der Waals surface area contributed by atoms with Crippen LogP contribution in [-0.2, 0) is 5.41 Å². The first-order valence-electron chi connectivity index (χ1n) is 6.80. The summed E-state index contributed by atoms with van der Waals surface area (Å²) in [5.41, 5.74) is 0.471. The molecule has 5 heteroatoms. The van der Waals surface area contributed by atoms with E-state index in [1.54, 1.807) is 6.07 Å². The molecule has 0 fully saturated rings. The summed E-state index contributed by atoms with van der Waals surface area (Å²) < 4.78 is 13.3. The Hall–Kier alpha value is -1.62. The summed E-state index contributed by atoms with van der Waals surface area (Å²) in [5.74, 6) is -0.280. The average molecular weight is 282 g/mol. The highest BCUT2D eigenvalue weighted by Crippen LogP contribution is 2.22. The number of benzene rings is 1. The van der Waals surface area contributed by atoms with Gasteiger partial charge < -0.3 is 15.3 Å². The van der Waals surface area contributed by atoms with E-state index in [2.05, 4.69) is 5.32 Å². The number of hydrogen-bond acceptors (Lipinski definition) is 2. The van der Waals surface area contributed by atoms with Crippen LogP contribution in [0, 0.1) is 5.82 Å². The maximum atomic E-state index is 13.3. The van der Waals surface area contributed by atoms with Crippen LogP contribution in [0.4, 0.5) is 9.18 Å². The monoisotopic (exact) mass is 282 g/mol. The topological polar surface area (TPSA) is 52.6 Å². The molecule has 0 saturated carbocycles. The van der Waals surface area contributed by atoms with Crippen molar-refractivity contribution in [1.82, 2.24) is 10.2 Å². The van der Waals surface area contributed by atoms with Gasteiger partial charge in [-0.3, -0.25) is 0 Å². The number of aliphatic hydroxyl groups excluding tert-OH is 1. The molecule has 0 radical (unpaired) electrons. The van der Waals surface area contributed by atoms with Crippen molar-refractivity contribution < 1.29 is 14.3 Å². The molecule has 0 unspecified atom stereocenters. The number of hydrogen-bond donors (Lipinski definition) is 2. The summed E-state index contributed by atoms with van der Waals surface area (Å²) in [5, 5.41) is 11.7. The summed E-state index contributed by atoms with van der Waals surface area (Å²) in [6.07, 6.45) is 0.